The van der Waals surface area contributed by atoms with Gasteiger partial charge in [0.1, 0.15) is 5.75 Å². The molecule has 1 saturated carbocycles. The summed E-state index contributed by atoms with van der Waals surface area (Å²) in [5.41, 5.74) is 1.63. The molecule has 2 nitrogen and oxygen atoms in total. The van der Waals surface area contributed by atoms with Crippen LogP contribution in [0.4, 0.5) is 0 Å². The number of aromatic hydroxyl groups is 1. The number of hydrogen-bond acceptors (Lipinski definition) is 2. The van der Waals surface area contributed by atoms with E-state index in [1.54, 1.807) is 12.1 Å². The maximum absolute atomic E-state index is 10.4. The Morgan fingerprint density at radius 2 is 2.14 bits per heavy atom. The number of rotatable bonds is 0. The van der Waals surface area contributed by atoms with Crippen LogP contribution in [0.2, 0.25) is 0 Å². The summed E-state index contributed by atoms with van der Waals surface area (Å²) in [6.45, 7) is 0. The SMILES string of the molecule is Oc1ccc2c(c1)C1CCCCC21O. The second kappa shape index (κ2) is 2.51. The Kier molecular flexibility index (Phi) is 1.49. The predicted molar refractivity (Wildman–Crippen MR) is 53.2 cm³/mol. The average molecular weight is 190 g/mol. The molecule has 2 N–H and O–H groups in total. The van der Waals surface area contributed by atoms with Gasteiger partial charge in [0.2, 0.25) is 0 Å². The number of hydrogen-bond donors (Lipinski definition) is 2. The van der Waals surface area contributed by atoms with Crippen LogP contribution in [-0.4, -0.2) is 10.2 Å². The van der Waals surface area contributed by atoms with Gasteiger partial charge < -0.3 is 10.2 Å². The number of aliphatic hydroxyl groups is 1. The largest absolute Gasteiger partial charge is 0.508 e. The Morgan fingerprint density at radius 3 is 3.00 bits per heavy atom. The fraction of sp³-hybridized carbons (Fsp3) is 0.500. The lowest BCUT2D eigenvalue weighted by molar-refractivity contribution is -0.0494. The van der Waals surface area contributed by atoms with Gasteiger partial charge in [-0.25, -0.2) is 0 Å². The number of benzene rings is 1. The van der Waals surface area contributed by atoms with Crippen LogP contribution in [0.25, 0.3) is 0 Å². The van der Waals surface area contributed by atoms with Crippen molar-refractivity contribution in [1.82, 2.24) is 0 Å². The second-order valence-electron chi connectivity index (χ2n) is 4.49. The Hall–Kier alpha value is -1.02. The van der Waals surface area contributed by atoms with Crippen molar-refractivity contribution in [3.8, 4) is 5.75 Å². The number of phenolic OH excluding ortho intramolecular Hbond substituents is 1. The van der Waals surface area contributed by atoms with Crippen LogP contribution in [0, 0.1) is 0 Å². The van der Waals surface area contributed by atoms with Crippen LogP contribution in [-0.2, 0) is 5.60 Å². The predicted octanol–water partition coefficient (Wildman–Crippen LogP) is 2.25. The van der Waals surface area contributed by atoms with E-state index in [9.17, 15) is 10.2 Å². The molecule has 14 heavy (non-hydrogen) atoms. The van der Waals surface area contributed by atoms with Crippen LogP contribution in [0.1, 0.15) is 42.7 Å². The van der Waals surface area contributed by atoms with Crippen molar-refractivity contribution in [3.63, 3.8) is 0 Å². The quantitative estimate of drug-likeness (QED) is 0.658. The van der Waals surface area contributed by atoms with E-state index in [2.05, 4.69) is 0 Å². The molecule has 0 amide bonds. The molecule has 74 valence electrons. The highest BCUT2D eigenvalue weighted by molar-refractivity contribution is 5.51. The van der Waals surface area contributed by atoms with Gasteiger partial charge >= 0.3 is 0 Å². The maximum Gasteiger partial charge on any atom is 0.115 e. The summed E-state index contributed by atoms with van der Waals surface area (Å²) in [5, 5.41) is 19.8. The highest BCUT2D eigenvalue weighted by Crippen LogP contribution is 2.57. The molecule has 0 radical (unpaired) electrons. The van der Waals surface area contributed by atoms with Gasteiger partial charge in [0, 0.05) is 5.92 Å². The van der Waals surface area contributed by atoms with E-state index in [0.717, 1.165) is 30.4 Å². The molecular weight excluding hydrogens is 176 g/mol. The van der Waals surface area contributed by atoms with Gasteiger partial charge in [-0.1, -0.05) is 18.9 Å². The molecule has 0 aromatic heterocycles. The lowest BCUT2D eigenvalue weighted by Gasteiger charge is -2.50. The summed E-state index contributed by atoms with van der Waals surface area (Å²) in [6.07, 6.45) is 4.26. The smallest absolute Gasteiger partial charge is 0.115 e. The summed E-state index contributed by atoms with van der Waals surface area (Å²) in [4.78, 5) is 0. The highest BCUT2D eigenvalue weighted by Gasteiger charge is 2.51. The Bertz CT molecular complexity index is 386. The summed E-state index contributed by atoms with van der Waals surface area (Å²) < 4.78 is 0. The highest BCUT2D eigenvalue weighted by atomic mass is 16.3. The Labute approximate surface area is 83.2 Å². The zero-order chi connectivity index (χ0) is 9.76. The van der Waals surface area contributed by atoms with Gasteiger partial charge in [0.25, 0.3) is 0 Å². The molecule has 2 heteroatoms. The van der Waals surface area contributed by atoms with E-state index in [1.165, 1.54) is 6.42 Å². The minimum atomic E-state index is -0.568. The van der Waals surface area contributed by atoms with Crippen LogP contribution in [0.5, 0.6) is 5.75 Å². The van der Waals surface area contributed by atoms with E-state index >= 15 is 0 Å². The molecule has 0 spiro atoms. The second-order valence-corrected chi connectivity index (χ2v) is 4.49. The monoisotopic (exact) mass is 190 g/mol. The van der Waals surface area contributed by atoms with Gasteiger partial charge in [0.05, 0.1) is 5.60 Å². The molecule has 3 rings (SSSR count). The van der Waals surface area contributed by atoms with Crippen molar-refractivity contribution in [2.24, 2.45) is 0 Å². The van der Waals surface area contributed by atoms with Gasteiger partial charge in [0.15, 0.2) is 0 Å². The summed E-state index contributed by atoms with van der Waals surface area (Å²) >= 11 is 0. The molecule has 2 unspecified atom stereocenters. The fourth-order valence-electron chi connectivity index (χ4n) is 3.05. The number of fused-ring (bicyclic) bond motifs is 4. The molecular formula is C12H14O2. The van der Waals surface area contributed by atoms with E-state index in [0.29, 0.717) is 5.75 Å². The van der Waals surface area contributed by atoms with E-state index in [-0.39, 0.29) is 5.92 Å². The summed E-state index contributed by atoms with van der Waals surface area (Å²) in [6, 6.07) is 5.34. The van der Waals surface area contributed by atoms with Crippen molar-refractivity contribution in [1.29, 1.82) is 0 Å². The van der Waals surface area contributed by atoms with Crippen LogP contribution < -0.4 is 0 Å². The number of phenols is 1. The first kappa shape index (κ1) is 8.30. The van der Waals surface area contributed by atoms with Crippen LogP contribution in [0.15, 0.2) is 18.2 Å². The first-order chi connectivity index (χ1) is 6.72. The Morgan fingerprint density at radius 1 is 1.29 bits per heavy atom. The maximum atomic E-state index is 10.4. The van der Waals surface area contributed by atoms with Crippen molar-refractivity contribution in [2.45, 2.75) is 37.2 Å². The Balaban J connectivity index is 2.11. The first-order valence-corrected chi connectivity index (χ1v) is 5.27. The fourth-order valence-corrected chi connectivity index (χ4v) is 3.05. The van der Waals surface area contributed by atoms with E-state index in [1.807, 2.05) is 6.07 Å². The molecule has 1 fully saturated rings. The van der Waals surface area contributed by atoms with Crippen molar-refractivity contribution in [2.75, 3.05) is 0 Å². The van der Waals surface area contributed by atoms with Gasteiger partial charge in [-0.15, -0.1) is 0 Å². The zero-order valence-electron chi connectivity index (χ0n) is 8.03. The normalized spacial score (nSPS) is 34.2. The van der Waals surface area contributed by atoms with Crippen molar-refractivity contribution < 1.29 is 10.2 Å². The molecule has 2 aliphatic carbocycles. The van der Waals surface area contributed by atoms with Crippen LogP contribution >= 0.6 is 0 Å². The van der Waals surface area contributed by atoms with E-state index in [4.69, 9.17) is 0 Å². The molecule has 0 saturated heterocycles. The third kappa shape index (κ3) is 0.845. The molecule has 0 heterocycles. The van der Waals surface area contributed by atoms with Gasteiger partial charge in [-0.05, 0) is 36.1 Å². The third-order valence-corrected chi connectivity index (χ3v) is 3.75. The summed E-state index contributed by atoms with van der Waals surface area (Å²) in [5.74, 6) is 0.592. The molecule has 1 aromatic rings. The van der Waals surface area contributed by atoms with Crippen molar-refractivity contribution in [3.05, 3.63) is 29.3 Å². The molecule has 2 atom stereocenters. The van der Waals surface area contributed by atoms with Crippen molar-refractivity contribution >= 4 is 0 Å². The minimum absolute atomic E-state index is 0.276. The third-order valence-electron chi connectivity index (χ3n) is 3.75. The molecule has 2 aliphatic rings. The molecule has 0 bridgehead atoms. The van der Waals surface area contributed by atoms with Crippen LogP contribution in [0.3, 0.4) is 0 Å². The lowest BCUT2D eigenvalue weighted by Crippen LogP contribution is -2.45. The minimum Gasteiger partial charge on any atom is -0.508 e. The standard InChI is InChI=1S/C12H14O2/c13-8-4-5-11-9(7-8)10-3-1-2-6-12(10,11)14/h4-5,7,10,13-14H,1-3,6H2. The summed E-state index contributed by atoms with van der Waals surface area (Å²) in [7, 11) is 0. The van der Waals surface area contributed by atoms with Gasteiger partial charge in [-0.2, -0.15) is 0 Å². The zero-order valence-corrected chi connectivity index (χ0v) is 8.03. The molecule has 1 aromatic carbocycles. The first-order valence-electron chi connectivity index (χ1n) is 5.27. The average Bonchev–Trinajstić information content (AvgIpc) is 2.17. The van der Waals surface area contributed by atoms with Gasteiger partial charge in [-0.3, -0.25) is 0 Å². The van der Waals surface area contributed by atoms with E-state index < -0.39 is 5.60 Å². The lowest BCUT2D eigenvalue weighted by atomic mass is 9.58. The molecule has 0 aliphatic heterocycles. The topological polar surface area (TPSA) is 40.5 Å².